The molecule has 0 aliphatic heterocycles. The number of aromatic nitrogens is 2. The Morgan fingerprint density at radius 3 is 2.76 bits per heavy atom. The molecule has 0 unspecified atom stereocenters. The van der Waals surface area contributed by atoms with Gasteiger partial charge in [-0.15, -0.1) is 0 Å². The van der Waals surface area contributed by atoms with Crippen LogP contribution in [-0.4, -0.2) is 16.8 Å². The molecule has 0 fully saturated rings. The summed E-state index contributed by atoms with van der Waals surface area (Å²) in [6.45, 7) is 2.50. The molecule has 0 aliphatic rings. The van der Waals surface area contributed by atoms with Gasteiger partial charge in [-0.25, -0.2) is 0 Å². The first-order valence-electron chi connectivity index (χ1n) is 5.24. The average molecular weight is 271 g/mol. The molecule has 0 atom stereocenters. The van der Waals surface area contributed by atoms with Crippen LogP contribution in [0.25, 0.3) is 0 Å². The smallest absolute Gasteiger partial charge is 0.137 e. The van der Waals surface area contributed by atoms with Gasteiger partial charge in [-0.3, -0.25) is 5.10 Å². The summed E-state index contributed by atoms with van der Waals surface area (Å²) in [5.41, 5.74) is 2.03. The summed E-state index contributed by atoms with van der Waals surface area (Å²) in [4.78, 5) is 0. The molecule has 0 saturated heterocycles. The number of aromatic amines is 1. The third-order valence-electron chi connectivity index (χ3n) is 2.27. The minimum atomic E-state index is 0.524. The maximum atomic E-state index is 5.98. The van der Waals surface area contributed by atoms with E-state index in [1.54, 1.807) is 18.2 Å². The van der Waals surface area contributed by atoms with Crippen LogP contribution in [0.4, 0.5) is 0 Å². The lowest BCUT2D eigenvalue weighted by atomic mass is 10.3. The molecule has 0 aliphatic carbocycles. The Kier molecular flexibility index (Phi) is 3.92. The zero-order valence-electron chi connectivity index (χ0n) is 9.34. The van der Waals surface area contributed by atoms with Crippen molar-refractivity contribution in [2.24, 2.45) is 0 Å². The molecule has 1 aromatic carbocycles. The highest BCUT2D eigenvalue weighted by atomic mass is 35.5. The van der Waals surface area contributed by atoms with Gasteiger partial charge < -0.3 is 4.74 Å². The van der Waals surface area contributed by atoms with E-state index in [1.807, 2.05) is 13.0 Å². The second kappa shape index (κ2) is 5.43. The summed E-state index contributed by atoms with van der Waals surface area (Å²) in [5.74, 6) is 0.642. The predicted octanol–water partition coefficient (Wildman–Crippen LogP) is 3.65. The number of nitrogens with zero attached hydrogens (tertiary/aromatic N) is 1. The fourth-order valence-corrected chi connectivity index (χ4v) is 1.92. The van der Waals surface area contributed by atoms with Crippen molar-refractivity contribution in [3.63, 3.8) is 0 Å². The second-order valence-electron chi connectivity index (χ2n) is 3.72. The van der Waals surface area contributed by atoms with Gasteiger partial charge in [-0.05, 0) is 31.2 Å². The molecule has 1 N–H and O–H groups in total. The molecule has 1 aromatic heterocycles. The van der Waals surface area contributed by atoms with Crippen LogP contribution in [0.5, 0.6) is 5.75 Å². The quantitative estimate of drug-likeness (QED) is 0.921. The van der Waals surface area contributed by atoms with E-state index in [2.05, 4.69) is 10.2 Å². The van der Waals surface area contributed by atoms with E-state index < -0.39 is 0 Å². The summed E-state index contributed by atoms with van der Waals surface area (Å²) in [5, 5.41) is 8.14. The van der Waals surface area contributed by atoms with Crippen molar-refractivity contribution in [1.82, 2.24) is 10.2 Å². The van der Waals surface area contributed by atoms with Gasteiger partial charge in [-0.1, -0.05) is 23.2 Å². The standard InChI is InChI=1S/C12H12Cl2N2O/c1-8-6-10(16-15-8)4-5-17-12-3-2-9(13)7-11(12)14/h2-3,6-7H,4-5H2,1H3,(H,15,16). The first-order valence-corrected chi connectivity index (χ1v) is 5.99. The Balaban J connectivity index is 1.90. The van der Waals surface area contributed by atoms with E-state index in [9.17, 15) is 0 Å². The monoisotopic (exact) mass is 270 g/mol. The number of aryl methyl sites for hydroxylation is 1. The molecule has 1 heterocycles. The van der Waals surface area contributed by atoms with Crippen LogP contribution in [0.3, 0.4) is 0 Å². The maximum Gasteiger partial charge on any atom is 0.137 e. The minimum Gasteiger partial charge on any atom is -0.492 e. The molecule has 0 amide bonds. The van der Waals surface area contributed by atoms with E-state index >= 15 is 0 Å². The van der Waals surface area contributed by atoms with E-state index in [0.717, 1.165) is 17.8 Å². The SMILES string of the molecule is Cc1cc(CCOc2ccc(Cl)cc2Cl)n[nH]1. The van der Waals surface area contributed by atoms with Crippen LogP contribution in [0.1, 0.15) is 11.4 Å². The number of hydrogen-bond acceptors (Lipinski definition) is 2. The lowest BCUT2D eigenvalue weighted by Crippen LogP contribution is -2.02. The summed E-state index contributed by atoms with van der Waals surface area (Å²) < 4.78 is 5.56. The first-order chi connectivity index (χ1) is 8.15. The number of nitrogens with one attached hydrogen (secondary N) is 1. The average Bonchev–Trinajstić information content (AvgIpc) is 2.68. The molecular weight excluding hydrogens is 259 g/mol. The number of hydrogen-bond donors (Lipinski definition) is 1. The van der Waals surface area contributed by atoms with Crippen LogP contribution < -0.4 is 4.74 Å². The molecule has 0 radical (unpaired) electrons. The lowest BCUT2D eigenvalue weighted by molar-refractivity contribution is 0.320. The summed E-state index contributed by atoms with van der Waals surface area (Å²) >= 11 is 11.8. The third-order valence-corrected chi connectivity index (χ3v) is 2.80. The van der Waals surface area contributed by atoms with Gasteiger partial charge in [0.25, 0.3) is 0 Å². The normalized spacial score (nSPS) is 10.5. The van der Waals surface area contributed by atoms with Crippen LogP contribution in [-0.2, 0) is 6.42 Å². The molecule has 0 spiro atoms. The Morgan fingerprint density at radius 2 is 2.12 bits per heavy atom. The number of benzene rings is 1. The zero-order chi connectivity index (χ0) is 12.3. The fourth-order valence-electron chi connectivity index (χ4n) is 1.46. The zero-order valence-corrected chi connectivity index (χ0v) is 10.8. The third kappa shape index (κ3) is 3.38. The van der Waals surface area contributed by atoms with E-state index in [-0.39, 0.29) is 0 Å². The molecule has 3 nitrogen and oxygen atoms in total. The van der Waals surface area contributed by atoms with Gasteiger partial charge in [0, 0.05) is 17.1 Å². The van der Waals surface area contributed by atoms with E-state index in [1.165, 1.54) is 0 Å². The molecule has 90 valence electrons. The molecule has 0 bridgehead atoms. The van der Waals surface area contributed by atoms with Crippen LogP contribution >= 0.6 is 23.2 Å². The highest BCUT2D eigenvalue weighted by Crippen LogP contribution is 2.27. The molecule has 5 heteroatoms. The van der Waals surface area contributed by atoms with Gasteiger partial charge in [0.05, 0.1) is 17.3 Å². The molecule has 2 rings (SSSR count). The largest absolute Gasteiger partial charge is 0.492 e. The van der Waals surface area contributed by atoms with Crippen LogP contribution in [0.15, 0.2) is 24.3 Å². The first kappa shape index (κ1) is 12.3. The maximum absolute atomic E-state index is 5.98. The van der Waals surface area contributed by atoms with Gasteiger partial charge in [-0.2, -0.15) is 5.10 Å². The van der Waals surface area contributed by atoms with Crippen molar-refractivity contribution in [3.8, 4) is 5.75 Å². The predicted molar refractivity (Wildman–Crippen MR) is 69.0 cm³/mol. The number of ether oxygens (including phenoxy) is 1. The Labute approximate surface area is 110 Å². The van der Waals surface area contributed by atoms with Gasteiger partial charge >= 0.3 is 0 Å². The van der Waals surface area contributed by atoms with Gasteiger partial charge in [0.15, 0.2) is 0 Å². The highest BCUT2D eigenvalue weighted by molar-refractivity contribution is 6.35. The van der Waals surface area contributed by atoms with E-state index in [0.29, 0.717) is 22.4 Å². The number of H-pyrrole nitrogens is 1. The highest BCUT2D eigenvalue weighted by Gasteiger charge is 2.03. The molecule has 2 aromatic rings. The molecule has 17 heavy (non-hydrogen) atoms. The van der Waals surface area contributed by atoms with Crippen molar-refractivity contribution < 1.29 is 4.74 Å². The lowest BCUT2D eigenvalue weighted by Gasteiger charge is -2.06. The molecule has 0 saturated carbocycles. The number of rotatable bonds is 4. The van der Waals surface area contributed by atoms with Crippen molar-refractivity contribution >= 4 is 23.2 Å². The Bertz CT molecular complexity index is 511. The Morgan fingerprint density at radius 1 is 1.29 bits per heavy atom. The topological polar surface area (TPSA) is 37.9 Å². The van der Waals surface area contributed by atoms with Crippen molar-refractivity contribution in [3.05, 3.63) is 45.7 Å². The van der Waals surface area contributed by atoms with Gasteiger partial charge in [0.1, 0.15) is 5.75 Å². The second-order valence-corrected chi connectivity index (χ2v) is 4.56. The molecular formula is C12H12Cl2N2O. The van der Waals surface area contributed by atoms with Gasteiger partial charge in [0.2, 0.25) is 0 Å². The van der Waals surface area contributed by atoms with E-state index in [4.69, 9.17) is 27.9 Å². The summed E-state index contributed by atoms with van der Waals surface area (Å²) in [7, 11) is 0. The number of halogens is 2. The van der Waals surface area contributed by atoms with Crippen molar-refractivity contribution in [1.29, 1.82) is 0 Å². The van der Waals surface area contributed by atoms with Crippen molar-refractivity contribution in [2.75, 3.05) is 6.61 Å². The fraction of sp³-hybridized carbons (Fsp3) is 0.250. The summed E-state index contributed by atoms with van der Waals surface area (Å²) in [6.07, 6.45) is 0.739. The minimum absolute atomic E-state index is 0.524. The Hall–Kier alpha value is -1.19. The van der Waals surface area contributed by atoms with Crippen LogP contribution in [0.2, 0.25) is 10.0 Å². The summed E-state index contributed by atoms with van der Waals surface area (Å²) in [6, 6.07) is 7.17. The van der Waals surface area contributed by atoms with Crippen molar-refractivity contribution in [2.45, 2.75) is 13.3 Å². The van der Waals surface area contributed by atoms with Crippen LogP contribution in [0, 0.1) is 6.92 Å².